The average Bonchev–Trinajstić information content (AvgIpc) is 3.17. The highest BCUT2D eigenvalue weighted by Crippen LogP contribution is 2.27. The number of carbonyl (C=O) groups is 2. The van der Waals surface area contributed by atoms with E-state index < -0.39 is 6.04 Å². The Kier molecular flexibility index (Phi) is 6.02. The first kappa shape index (κ1) is 19.2. The number of H-pyrrole nitrogens is 1. The van der Waals surface area contributed by atoms with E-state index in [9.17, 15) is 9.59 Å². The van der Waals surface area contributed by atoms with E-state index in [1.807, 2.05) is 12.1 Å². The Hall–Kier alpha value is -2.52. The van der Waals surface area contributed by atoms with Gasteiger partial charge in [-0.3, -0.25) is 10.1 Å². The molecule has 1 aromatic heterocycles. The molecule has 0 radical (unpaired) electrons. The summed E-state index contributed by atoms with van der Waals surface area (Å²) in [5, 5.41) is 12.4. The molecule has 0 unspecified atom stereocenters. The molecule has 1 aliphatic rings. The zero-order valence-electron chi connectivity index (χ0n) is 14.6. The van der Waals surface area contributed by atoms with Gasteiger partial charge < -0.3 is 15.1 Å². The van der Waals surface area contributed by atoms with Crippen molar-refractivity contribution in [1.29, 1.82) is 0 Å². The van der Waals surface area contributed by atoms with E-state index in [0.29, 0.717) is 36.2 Å². The molecule has 1 aliphatic heterocycles. The molecule has 9 nitrogen and oxygen atoms in total. The number of benzene rings is 1. The van der Waals surface area contributed by atoms with Gasteiger partial charge in [-0.25, -0.2) is 9.89 Å². The van der Waals surface area contributed by atoms with Crippen LogP contribution in [0, 0.1) is 0 Å². The van der Waals surface area contributed by atoms with Crippen molar-refractivity contribution < 1.29 is 9.59 Å². The van der Waals surface area contributed by atoms with Crippen LogP contribution < -0.4 is 15.5 Å². The smallest absolute Gasteiger partial charge is 0.318 e. The third-order valence-electron chi connectivity index (χ3n) is 4.23. The fraction of sp³-hybridized carbons (Fsp3) is 0.375. The summed E-state index contributed by atoms with van der Waals surface area (Å²) in [6, 6.07) is 4.47. The van der Waals surface area contributed by atoms with Gasteiger partial charge in [0.2, 0.25) is 11.9 Å². The van der Waals surface area contributed by atoms with Crippen molar-refractivity contribution in [1.82, 2.24) is 25.4 Å². The molecule has 11 heteroatoms. The Balaban J connectivity index is 1.49. The van der Waals surface area contributed by atoms with Gasteiger partial charge in [-0.15, -0.1) is 0 Å². The number of nitrogens with zero attached hydrogens (tertiary/aromatic N) is 4. The molecule has 1 saturated heterocycles. The maximum Gasteiger partial charge on any atom is 0.318 e. The Morgan fingerprint density at radius 2 is 1.93 bits per heavy atom. The Morgan fingerprint density at radius 3 is 2.56 bits per heavy atom. The van der Waals surface area contributed by atoms with Crippen LogP contribution in [0.5, 0.6) is 0 Å². The molecular weight excluding hydrogens is 393 g/mol. The molecule has 3 N–H and O–H groups in total. The molecule has 0 bridgehead atoms. The van der Waals surface area contributed by atoms with Gasteiger partial charge in [-0.05, 0) is 25.1 Å². The first-order chi connectivity index (χ1) is 12.9. The van der Waals surface area contributed by atoms with E-state index in [1.165, 1.54) is 6.33 Å². The summed E-state index contributed by atoms with van der Waals surface area (Å²) in [6.07, 6.45) is 1.28. The van der Waals surface area contributed by atoms with Crippen LogP contribution in [-0.4, -0.2) is 64.2 Å². The van der Waals surface area contributed by atoms with Gasteiger partial charge in [0.1, 0.15) is 12.4 Å². The predicted molar refractivity (Wildman–Crippen MR) is 103 cm³/mol. The van der Waals surface area contributed by atoms with Crippen LogP contribution in [0.2, 0.25) is 10.0 Å². The fourth-order valence-corrected chi connectivity index (χ4v) is 2.97. The molecule has 3 amide bonds. The van der Waals surface area contributed by atoms with Crippen molar-refractivity contribution in [3.8, 4) is 0 Å². The third kappa shape index (κ3) is 4.81. The number of urea groups is 1. The van der Waals surface area contributed by atoms with Crippen LogP contribution in [0.1, 0.15) is 6.92 Å². The lowest BCUT2D eigenvalue weighted by atomic mass is 10.2. The fourth-order valence-electron chi connectivity index (χ4n) is 2.68. The summed E-state index contributed by atoms with van der Waals surface area (Å²) < 4.78 is 0. The molecule has 0 aliphatic carbocycles. The summed E-state index contributed by atoms with van der Waals surface area (Å²) in [4.78, 5) is 32.1. The van der Waals surface area contributed by atoms with Crippen molar-refractivity contribution >= 4 is 46.8 Å². The highest BCUT2D eigenvalue weighted by atomic mass is 35.5. The molecule has 0 saturated carbocycles. The van der Waals surface area contributed by atoms with Gasteiger partial charge in [-0.1, -0.05) is 23.2 Å². The minimum absolute atomic E-state index is 0.233. The van der Waals surface area contributed by atoms with Crippen molar-refractivity contribution in [3.05, 3.63) is 34.6 Å². The lowest BCUT2D eigenvalue weighted by Crippen LogP contribution is -2.54. The monoisotopic (exact) mass is 411 g/mol. The first-order valence-electron chi connectivity index (χ1n) is 8.35. The van der Waals surface area contributed by atoms with Crippen LogP contribution in [0.15, 0.2) is 24.5 Å². The molecule has 0 spiro atoms. The standard InChI is InChI=1S/C16H19Cl2N7O2/c1-10(14(26)22-15-19-9-20-23-15)21-16(27)25-6-4-24(5-7-25)11-2-3-12(17)13(18)8-11/h2-3,8-10H,4-7H2,1H3,(H,21,27)(H2,19,20,22,23,26)/t10-/m0/s1. The zero-order chi connectivity index (χ0) is 19.4. The minimum Gasteiger partial charge on any atom is -0.368 e. The molecule has 144 valence electrons. The van der Waals surface area contributed by atoms with Gasteiger partial charge >= 0.3 is 6.03 Å². The molecular formula is C16H19Cl2N7O2. The van der Waals surface area contributed by atoms with E-state index in [1.54, 1.807) is 17.9 Å². The van der Waals surface area contributed by atoms with E-state index >= 15 is 0 Å². The molecule has 27 heavy (non-hydrogen) atoms. The second-order valence-electron chi connectivity index (χ2n) is 6.07. The number of aromatic amines is 1. The maximum absolute atomic E-state index is 12.4. The number of nitrogens with one attached hydrogen (secondary N) is 3. The van der Waals surface area contributed by atoms with E-state index in [-0.39, 0.29) is 17.9 Å². The molecule has 3 rings (SSSR count). The Bertz CT molecular complexity index is 807. The summed E-state index contributed by atoms with van der Waals surface area (Å²) >= 11 is 12.0. The lowest BCUT2D eigenvalue weighted by Gasteiger charge is -2.36. The highest BCUT2D eigenvalue weighted by Gasteiger charge is 2.24. The topological polar surface area (TPSA) is 106 Å². The number of hydrogen-bond acceptors (Lipinski definition) is 5. The van der Waals surface area contributed by atoms with Crippen LogP contribution >= 0.6 is 23.2 Å². The molecule has 1 fully saturated rings. The number of aromatic nitrogens is 3. The van der Waals surface area contributed by atoms with E-state index in [2.05, 4.69) is 30.7 Å². The second-order valence-corrected chi connectivity index (χ2v) is 6.88. The highest BCUT2D eigenvalue weighted by molar-refractivity contribution is 6.42. The molecule has 1 atom stereocenters. The summed E-state index contributed by atoms with van der Waals surface area (Å²) in [5.41, 5.74) is 0.962. The second kappa shape index (κ2) is 8.45. The number of carbonyl (C=O) groups excluding carboxylic acids is 2. The van der Waals surface area contributed by atoms with Crippen LogP contribution in [0.4, 0.5) is 16.4 Å². The summed E-state index contributed by atoms with van der Waals surface area (Å²) in [5.74, 6) is -0.147. The number of anilines is 2. The Morgan fingerprint density at radius 1 is 1.19 bits per heavy atom. The molecule has 1 aromatic carbocycles. The zero-order valence-corrected chi connectivity index (χ0v) is 16.1. The van der Waals surface area contributed by atoms with Crippen LogP contribution in [-0.2, 0) is 4.79 Å². The lowest BCUT2D eigenvalue weighted by molar-refractivity contribution is -0.117. The number of halogens is 2. The maximum atomic E-state index is 12.4. The van der Waals surface area contributed by atoms with Crippen molar-refractivity contribution in [2.24, 2.45) is 0 Å². The predicted octanol–water partition coefficient (Wildman–Crippen LogP) is 1.97. The van der Waals surface area contributed by atoms with Crippen molar-refractivity contribution in [3.63, 3.8) is 0 Å². The Labute approximate surface area is 166 Å². The minimum atomic E-state index is -0.712. The molecule has 2 aromatic rings. The van der Waals surface area contributed by atoms with Gasteiger partial charge in [0.05, 0.1) is 10.0 Å². The van der Waals surface area contributed by atoms with Crippen molar-refractivity contribution in [2.75, 3.05) is 36.4 Å². The SMILES string of the molecule is C[C@H](NC(=O)N1CCN(c2ccc(Cl)c(Cl)c2)CC1)C(=O)Nc1ncn[nH]1. The third-order valence-corrected chi connectivity index (χ3v) is 4.96. The molecule has 2 heterocycles. The number of amides is 3. The van der Waals surface area contributed by atoms with Gasteiger partial charge in [-0.2, -0.15) is 10.1 Å². The normalized spacial score (nSPS) is 15.4. The van der Waals surface area contributed by atoms with E-state index in [4.69, 9.17) is 23.2 Å². The number of hydrogen-bond donors (Lipinski definition) is 3. The first-order valence-corrected chi connectivity index (χ1v) is 9.11. The average molecular weight is 412 g/mol. The quantitative estimate of drug-likeness (QED) is 0.712. The summed E-state index contributed by atoms with van der Waals surface area (Å²) in [7, 11) is 0. The largest absolute Gasteiger partial charge is 0.368 e. The number of piperazine rings is 1. The number of rotatable bonds is 4. The van der Waals surface area contributed by atoms with Gasteiger partial charge in [0.15, 0.2) is 0 Å². The van der Waals surface area contributed by atoms with Crippen LogP contribution in [0.25, 0.3) is 0 Å². The van der Waals surface area contributed by atoms with E-state index in [0.717, 1.165) is 5.69 Å². The van der Waals surface area contributed by atoms with Gasteiger partial charge in [0.25, 0.3) is 0 Å². The summed E-state index contributed by atoms with van der Waals surface area (Å²) in [6.45, 7) is 3.98. The van der Waals surface area contributed by atoms with Crippen LogP contribution in [0.3, 0.4) is 0 Å². The van der Waals surface area contributed by atoms with Gasteiger partial charge in [0, 0.05) is 31.9 Å². The van der Waals surface area contributed by atoms with Crippen molar-refractivity contribution in [2.45, 2.75) is 13.0 Å².